The van der Waals surface area contributed by atoms with Crippen LogP contribution < -0.4 is 0 Å². The van der Waals surface area contributed by atoms with Gasteiger partial charge in [-0.1, -0.05) is 6.58 Å². The number of hydrogen-bond donors (Lipinski definition) is 3. The Morgan fingerprint density at radius 3 is 1.57 bits per heavy atom. The molecule has 0 saturated heterocycles. The first-order valence-corrected chi connectivity index (χ1v) is 4.25. The molecule has 0 unspecified atom stereocenters. The first-order chi connectivity index (χ1) is 6.08. The molecule has 0 fully saturated rings. The highest BCUT2D eigenvalue weighted by molar-refractivity contribution is 6.13. The van der Waals surface area contributed by atoms with Crippen molar-refractivity contribution in [3.8, 4) is 0 Å². The van der Waals surface area contributed by atoms with Crippen molar-refractivity contribution in [3.05, 3.63) is 12.3 Å². The van der Waals surface area contributed by atoms with E-state index in [2.05, 4.69) is 6.58 Å². The zero-order valence-electron chi connectivity index (χ0n) is 9.53. The Hall–Kier alpha value is -0.515. The van der Waals surface area contributed by atoms with Gasteiger partial charge in [0.05, 0.1) is 11.4 Å². The second kappa shape index (κ2) is 6.06. The average Bonchev–Trinajstić information content (AvgIpc) is 1.82. The van der Waals surface area contributed by atoms with Gasteiger partial charge in [0.1, 0.15) is 5.60 Å². The van der Waals surface area contributed by atoms with E-state index in [1.54, 1.807) is 20.8 Å². The molecule has 83 valence electrons. The zero-order chi connectivity index (χ0) is 12.0. The first-order valence-electron chi connectivity index (χ1n) is 4.25. The van der Waals surface area contributed by atoms with Crippen LogP contribution in [0.1, 0.15) is 34.6 Å². The Morgan fingerprint density at radius 1 is 1.21 bits per heavy atom. The van der Waals surface area contributed by atoms with E-state index in [1.807, 2.05) is 13.8 Å². The van der Waals surface area contributed by atoms with Crippen molar-refractivity contribution in [1.29, 1.82) is 0 Å². The van der Waals surface area contributed by atoms with Gasteiger partial charge in [0, 0.05) is 0 Å². The van der Waals surface area contributed by atoms with E-state index < -0.39 is 11.2 Å². The standard InChI is InChI=1S/C9H18O2.BH2O2/c1-7(2)11-9(5,6)8(3,4)10;2-1-3/h10H,1H2,2-6H3;2-3H. The molecule has 0 aliphatic carbocycles. The molecule has 0 aromatic carbocycles. The molecule has 0 saturated carbocycles. The van der Waals surface area contributed by atoms with Crippen LogP contribution in [0.15, 0.2) is 12.3 Å². The molecule has 0 atom stereocenters. The SMILES string of the molecule is C=C(C)OC(C)(C)C(C)(C)O.O[B]O. The van der Waals surface area contributed by atoms with Crippen molar-refractivity contribution in [3.63, 3.8) is 0 Å². The Bertz CT molecular complexity index is 172. The molecule has 5 heteroatoms. The molecule has 3 N–H and O–H groups in total. The lowest BCUT2D eigenvalue weighted by Crippen LogP contribution is -2.46. The lowest BCUT2D eigenvalue weighted by Gasteiger charge is -2.37. The van der Waals surface area contributed by atoms with Gasteiger partial charge in [-0.25, -0.2) is 0 Å². The van der Waals surface area contributed by atoms with E-state index in [9.17, 15) is 5.11 Å². The predicted molar refractivity (Wildman–Crippen MR) is 56.5 cm³/mol. The monoisotopic (exact) mass is 203 g/mol. The van der Waals surface area contributed by atoms with E-state index in [4.69, 9.17) is 14.8 Å². The van der Waals surface area contributed by atoms with Gasteiger partial charge >= 0.3 is 7.69 Å². The highest BCUT2D eigenvalue weighted by Gasteiger charge is 2.36. The molecule has 14 heavy (non-hydrogen) atoms. The summed E-state index contributed by atoms with van der Waals surface area (Å²) in [6.45, 7) is 12.5. The second-order valence-corrected chi connectivity index (χ2v) is 3.99. The molecule has 0 spiro atoms. The summed E-state index contributed by atoms with van der Waals surface area (Å²) in [6, 6.07) is 0. The third kappa shape index (κ3) is 6.94. The van der Waals surface area contributed by atoms with Gasteiger partial charge < -0.3 is 19.9 Å². The van der Waals surface area contributed by atoms with Crippen LogP contribution >= 0.6 is 0 Å². The minimum atomic E-state index is -0.855. The maximum atomic E-state index is 9.63. The average molecular weight is 203 g/mol. The Morgan fingerprint density at radius 2 is 1.50 bits per heavy atom. The lowest BCUT2D eigenvalue weighted by molar-refractivity contribution is -0.122. The maximum absolute atomic E-state index is 9.63. The van der Waals surface area contributed by atoms with Crippen LogP contribution in [-0.2, 0) is 4.74 Å². The number of aliphatic hydroxyl groups is 1. The van der Waals surface area contributed by atoms with Gasteiger partial charge in [-0.05, 0) is 34.6 Å². The Kier molecular flexibility index (Phi) is 6.90. The summed E-state index contributed by atoms with van der Waals surface area (Å²) in [6.07, 6.45) is 0. The number of ether oxygens (including phenoxy) is 1. The highest BCUT2D eigenvalue weighted by Crippen LogP contribution is 2.26. The van der Waals surface area contributed by atoms with Gasteiger partial charge in [-0.15, -0.1) is 0 Å². The molecule has 0 bridgehead atoms. The van der Waals surface area contributed by atoms with Crippen LogP contribution in [-0.4, -0.2) is 34.0 Å². The molecule has 4 nitrogen and oxygen atoms in total. The van der Waals surface area contributed by atoms with Gasteiger partial charge in [0.15, 0.2) is 0 Å². The lowest BCUT2D eigenvalue weighted by atomic mass is 9.89. The minimum Gasteiger partial charge on any atom is -0.490 e. The van der Waals surface area contributed by atoms with Gasteiger partial charge in [-0.2, -0.15) is 0 Å². The molecular weight excluding hydrogens is 183 g/mol. The van der Waals surface area contributed by atoms with Crippen LogP contribution in [0, 0.1) is 0 Å². The van der Waals surface area contributed by atoms with Gasteiger partial charge in [0.25, 0.3) is 0 Å². The number of rotatable bonds is 3. The fraction of sp³-hybridized carbons (Fsp3) is 0.778. The normalized spacial score (nSPS) is 11.1. The van der Waals surface area contributed by atoms with Crippen molar-refractivity contribution in [1.82, 2.24) is 0 Å². The van der Waals surface area contributed by atoms with E-state index >= 15 is 0 Å². The minimum absolute atomic E-state index is 0. The largest absolute Gasteiger partial charge is 0.490 e. The molecule has 0 rings (SSSR count). The number of allylic oxidation sites excluding steroid dienone is 1. The molecule has 0 amide bonds. The van der Waals surface area contributed by atoms with E-state index in [0.29, 0.717) is 5.76 Å². The van der Waals surface area contributed by atoms with Crippen molar-refractivity contribution < 1.29 is 19.9 Å². The summed E-state index contributed by atoms with van der Waals surface area (Å²) in [5.74, 6) is 0.622. The molecule has 0 aromatic heterocycles. The summed E-state index contributed by atoms with van der Waals surface area (Å²) >= 11 is 0. The van der Waals surface area contributed by atoms with Crippen LogP contribution in [0.5, 0.6) is 0 Å². The topological polar surface area (TPSA) is 69.9 Å². The summed E-state index contributed by atoms with van der Waals surface area (Å²) in [4.78, 5) is 0. The van der Waals surface area contributed by atoms with Crippen molar-refractivity contribution in [2.75, 3.05) is 0 Å². The summed E-state index contributed by atoms with van der Waals surface area (Å²) in [5, 5.41) is 23.6. The molecule has 1 radical (unpaired) electrons. The highest BCUT2D eigenvalue weighted by atomic mass is 16.5. The third-order valence-corrected chi connectivity index (χ3v) is 1.90. The van der Waals surface area contributed by atoms with Crippen LogP contribution in [0.4, 0.5) is 0 Å². The Labute approximate surface area is 86.5 Å². The summed E-state index contributed by atoms with van der Waals surface area (Å²) < 4.78 is 5.36. The van der Waals surface area contributed by atoms with Crippen LogP contribution in [0.2, 0.25) is 0 Å². The fourth-order valence-corrected chi connectivity index (χ4v) is 0.560. The van der Waals surface area contributed by atoms with E-state index in [1.165, 1.54) is 0 Å². The Balaban J connectivity index is 0. The molecule has 0 heterocycles. The first kappa shape index (κ1) is 15.9. The van der Waals surface area contributed by atoms with E-state index in [-0.39, 0.29) is 7.69 Å². The molecule has 0 aliphatic rings. The summed E-state index contributed by atoms with van der Waals surface area (Å²) in [7, 11) is 0. The molecule has 0 aliphatic heterocycles. The smallest absolute Gasteiger partial charge is 0.482 e. The van der Waals surface area contributed by atoms with Crippen molar-refractivity contribution >= 4 is 7.69 Å². The van der Waals surface area contributed by atoms with Crippen molar-refractivity contribution in [2.24, 2.45) is 0 Å². The zero-order valence-corrected chi connectivity index (χ0v) is 9.53. The number of hydrogen-bond acceptors (Lipinski definition) is 4. The fourth-order valence-electron chi connectivity index (χ4n) is 0.560. The predicted octanol–water partition coefficient (Wildman–Crippen LogP) is 0.591. The molecule has 0 aromatic rings. The van der Waals surface area contributed by atoms with Gasteiger partial charge in [-0.3, -0.25) is 0 Å². The molecular formula is C9H20BO4. The van der Waals surface area contributed by atoms with Crippen LogP contribution in [0.25, 0.3) is 0 Å². The quantitative estimate of drug-likeness (QED) is 0.463. The van der Waals surface area contributed by atoms with Gasteiger partial charge in [0.2, 0.25) is 0 Å². The maximum Gasteiger partial charge on any atom is 0.482 e. The second-order valence-electron chi connectivity index (χ2n) is 3.99. The van der Waals surface area contributed by atoms with Crippen LogP contribution in [0.3, 0.4) is 0 Å². The van der Waals surface area contributed by atoms with E-state index in [0.717, 1.165) is 0 Å². The van der Waals surface area contributed by atoms with Crippen molar-refractivity contribution in [2.45, 2.75) is 45.8 Å². The summed E-state index contributed by atoms with van der Waals surface area (Å²) in [5.41, 5.74) is -1.44. The third-order valence-electron chi connectivity index (χ3n) is 1.90.